The van der Waals surface area contributed by atoms with E-state index in [1.807, 2.05) is 65.4 Å². The lowest BCUT2D eigenvalue weighted by Crippen LogP contribution is -1.98. The van der Waals surface area contributed by atoms with Crippen LogP contribution in [0, 0.1) is 5.82 Å². The van der Waals surface area contributed by atoms with Crippen molar-refractivity contribution in [3.8, 4) is 16.8 Å². The first-order valence-electron chi connectivity index (χ1n) is 9.39. The Bertz CT molecular complexity index is 1330. The number of fused-ring (bicyclic) bond motifs is 1. The van der Waals surface area contributed by atoms with E-state index in [9.17, 15) is 4.39 Å². The van der Waals surface area contributed by atoms with Gasteiger partial charge in [-0.15, -0.1) is 0 Å². The van der Waals surface area contributed by atoms with Gasteiger partial charge in [-0.3, -0.25) is 0 Å². The maximum Gasteiger partial charge on any atom is 0.150 e. The zero-order valence-electron chi connectivity index (χ0n) is 15.8. The van der Waals surface area contributed by atoms with E-state index in [2.05, 4.69) is 15.3 Å². The second-order valence-corrected chi connectivity index (χ2v) is 7.25. The number of benzene rings is 3. The van der Waals surface area contributed by atoms with Gasteiger partial charge in [0, 0.05) is 28.2 Å². The third kappa shape index (κ3) is 3.40. The number of rotatable bonds is 4. The highest BCUT2D eigenvalue weighted by atomic mass is 35.5. The fraction of sp³-hybridized carbons (Fsp3) is 0. The van der Waals surface area contributed by atoms with Crippen molar-refractivity contribution in [2.45, 2.75) is 0 Å². The summed E-state index contributed by atoms with van der Waals surface area (Å²) in [6.45, 7) is 0. The van der Waals surface area contributed by atoms with E-state index in [0.29, 0.717) is 16.5 Å². The molecule has 0 saturated heterocycles. The van der Waals surface area contributed by atoms with E-state index < -0.39 is 0 Å². The van der Waals surface area contributed by atoms with Gasteiger partial charge >= 0.3 is 0 Å². The summed E-state index contributed by atoms with van der Waals surface area (Å²) in [5, 5.41) is 4.76. The Morgan fingerprint density at radius 1 is 0.867 bits per heavy atom. The molecule has 0 amide bonds. The summed E-state index contributed by atoms with van der Waals surface area (Å²) >= 11 is 6.07. The molecule has 5 rings (SSSR count). The summed E-state index contributed by atoms with van der Waals surface area (Å²) in [7, 11) is 0. The standard InChI is InChI=1S/C24H16ClFN4/c25-17-9-11-20(12-10-17)30-14-21(16-5-2-1-3-6-16)22-23(27-15-28-24(22)30)29-19-8-4-7-18(26)13-19/h1-15H,(H,27,28,29). The van der Waals surface area contributed by atoms with Crippen LogP contribution in [0.4, 0.5) is 15.9 Å². The highest BCUT2D eigenvalue weighted by Gasteiger charge is 2.17. The van der Waals surface area contributed by atoms with E-state index in [1.54, 1.807) is 12.1 Å². The molecule has 0 aliphatic rings. The second-order valence-electron chi connectivity index (χ2n) is 6.81. The van der Waals surface area contributed by atoms with Crippen LogP contribution in [0.2, 0.25) is 5.02 Å². The molecule has 6 heteroatoms. The summed E-state index contributed by atoms with van der Waals surface area (Å²) in [4.78, 5) is 9.01. The van der Waals surface area contributed by atoms with E-state index in [1.165, 1.54) is 18.5 Å². The molecule has 5 aromatic rings. The molecule has 4 nitrogen and oxygen atoms in total. The molecule has 0 radical (unpaired) electrons. The molecule has 0 bridgehead atoms. The maximum absolute atomic E-state index is 13.7. The van der Waals surface area contributed by atoms with Crippen LogP contribution in [0.1, 0.15) is 0 Å². The Kier molecular flexibility index (Phi) is 4.65. The molecule has 0 fully saturated rings. The van der Waals surface area contributed by atoms with Crippen LogP contribution in [0.5, 0.6) is 0 Å². The summed E-state index contributed by atoms with van der Waals surface area (Å²) in [5.74, 6) is 0.296. The quantitative estimate of drug-likeness (QED) is 0.359. The van der Waals surface area contributed by atoms with Crippen molar-refractivity contribution in [1.29, 1.82) is 0 Å². The molecule has 0 spiro atoms. The topological polar surface area (TPSA) is 42.7 Å². The van der Waals surface area contributed by atoms with Crippen LogP contribution in [0.25, 0.3) is 27.8 Å². The van der Waals surface area contributed by atoms with Gasteiger partial charge in [-0.1, -0.05) is 48.0 Å². The molecule has 0 saturated carbocycles. The SMILES string of the molecule is Fc1cccc(Nc2ncnc3c2c(-c2ccccc2)cn3-c2ccc(Cl)cc2)c1. The minimum Gasteiger partial charge on any atom is -0.339 e. The van der Waals surface area contributed by atoms with Gasteiger partial charge in [-0.2, -0.15) is 0 Å². The van der Waals surface area contributed by atoms with Crippen molar-refractivity contribution in [2.24, 2.45) is 0 Å². The molecule has 2 aromatic heterocycles. The number of halogens is 2. The van der Waals surface area contributed by atoms with Gasteiger partial charge in [0.1, 0.15) is 18.0 Å². The van der Waals surface area contributed by atoms with Crippen LogP contribution in [0.3, 0.4) is 0 Å². The van der Waals surface area contributed by atoms with E-state index >= 15 is 0 Å². The van der Waals surface area contributed by atoms with Crippen molar-refractivity contribution in [3.05, 3.63) is 102 Å². The molecule has 0 aliphatic carbocycles. The smallest absolute Gasteiger partial charge is 0.150 e. The average molecular weight is 415 g/mol. The number of aromatic nitrogens is 3. The van der Waals surface area contributed by atoms with Gasteiger partial charge in [0.15, 0.2) is 5.65 Å². The van der Waals surface area contributed by atoms with Crippen molar-refractivity contribution >= 4 is 34.1 Å². The third-order valence-electron chi connectivity index (χ3n) is 4.86. The molecule has 146 valence electrons. The zero-order chi connectivity index (χ0) is 20.5. The van der Waals surface area contributed by atoms with Gasteiger partial charge in [-0.05, 0) is 48.0 Å². The predicted molar refractivity (Wildman–Crippen MR) is 119 cm³/mol. The fourth-order valence-corrected chi connectivity index (χ4v) is 3.62. The molecule has 0 atom stereocenters. The van der Waals surface area contributed by atoms with Crippen molar-refractivity contribution in [1.82, 2.24) is 14.5 Å². The van der Waals surface area contributed by atoms with Crippen molar-refractivity contribution < 1.29 is 4.39 Å². The molecular weight excluding hydrogens is 399 g/mol. The lowest BCUT2D eigenvalue weighted by atomic mass is 10.1. The maximum atomic E-state index is 13.7. The first kappa shape index (κ1) is 18.3. The van der Waals surface area contributed by atoms with Crippen LogP contribution in [-0.2, 0) is 0 Å². The second kappa shape index (κ2) is 7.61. The lowest BCUT2D eigenvalue weighted by molar-refractivity contribution is 0.628. The zero-order valence-corrected chi connectivity index (χ0v) is 16.5. The van der Waals surface area contributed by atoms with Crippen LogP contribution < -0.4 is 5.32 Å². The average Bonchev–Trinajstić information content (AvgIpc) is 3.16. The van der Waals surface area contributed by atoms with Gasteiger partial charge in [0.2, 0.25) is 0 Å². The summed E-state index contributed by atoms with van der Waals surface area (Å²) in [6, 6.07) is 23.9. The Morgan fingerprint density at radius 3 is 2.43 bits per heavy atom. The Balaban J connectivity index is 1.74. The van der Waals surface area contributed by atoms with Crippen molar-refractivity contribution in [2.75, 3.05) is 5.32 Å². The molecule has 2 heterocycles. The van der Waals surface area contributed by atoms with Crippen LogP contribution in [-0.4, -0.2) is 14.5 Å². The Hall–Kier alpha value is -3.70. The van der Waals surface area contributed by atoms with Gasteiger partial charge < -0.3 is 9.88 Å². The molecule has 0 unspecified atom stereocenters. The minimum absolute atomic E-state index is 0.313. The van der Waals surface area contributed by atoms with Crippen LogP contribution >= 0.6 is 11.6 Å². The number of hydrogen-bond acceptors (Lipinski definition) is 3. The van der Waals surface area contributed by atoms with Gasteiger partial charge in [-0.25, -0.2) is 14.4 Å². The van der Waals surface area contributed by atoms with E-state index in [4.69, 9.17) is 11.6 Å². The first-order valence-corrected chi connectivity index (χ1v) is 9.77. The first-order chi connectivity index (χ1) is 14.7. The normalized spacial score (nSPS) is 11.0. The number of anilines is 2. The monoisotopic (exact) mass is 414 g/mol. The fourth-order valence-electron chi connectivity index (χ4n) is 3.49. The Labute approximate surface area is 177 Å². The third-order valence-corrected chi connectivity index (χ3v) is 5.11. The minimum atomic E-state index is -0.313. The van der Waals surface area contributed by atoms with E-state index in [0.717, 1.165) is 27.8 Å². The highest BCUT2D eigenvalue weighted by molar-refractivity contribution is 6.30. The predicted octanol–water partition coefficient (Wildman–Crippen LogP) is 6.62. The molecule has 1 N–H and O–H groups in total. The van der Waals surface area contributed by atoms with Crippen molar-refractivity contribution in [3.63, 3.8) is 0 Å². The summed E-state index contributed by atoms with van der Waals surface area (Å²) in [6.07, 6.45) is 3.54. The van der Waals surface area contributed by atoms with Gasteiger partial charge in [0.25, 0.3) is 0 Å². The summed E-state index contributed by atoms with van der Waals surface area (Å²) in [5.41, 5.74) is 4.30. The molecular formula is C24H16ClFN4. The number of nitrogens with zero attached hydrogens (tertiary/aromatic N) is 3. The van der Waals surface area contributed by atoms with Crippen LogP contribution in [0.15, 0.2) is 91.4 Å². The number of hydrogen-bond donors (Lipinski definition) is 1. The van der Waals surface area contributed by atoms with Gasteiger partial charge in [0.05, 0.1) is 5.39 Å². The molecule has 30 heavy (non-hydrogen) atoms. The number of nitrogens with one attached hydrogen (secondary N) is 1. The molecule has 3 aromatic carbocycles. The highest BCUT2D eigenvalue weighted by Crippen LogP contribution is 2.36. The lowest BCUT2D eigenvalue weighted by Gasteiger charge is -2.09. The largest absolute Gasteiger partial charge is 0.339 e. The Morgan fingerprint density at radius 2 is 1.67 bits per heavy atom. The summed E-state index contributed by atoms with van der Waals surface area (Å²) < 4.78 is 15.7. The molecule has 0 aliphatic heterocycles. The van der Waals surface area contributed by atoms with E-state index in [-0.39, 0.29) is 5.82 Å².